The number of aryl methyl sites for hydroxylation is 1. The summed E-state index contributed by atoms with van der Waals surface area (Å²) in [5.74, 6) is -0.373. The quantitative estimate of drug-likeness (QED) is 0.583. The Balaban J connectivity index is 2.03. The molecule has 162 valence electrons. The molecule has 2 rings (SSSR count). The van der Waals surface area contributed by atoms with E-state index in [0.717, 1.165) is 17.2 Å². The van der Waals surface area contributed by atoms with Gasteiger partial charge in [-0.1, -0.05) is 25.1 Å². The first-order valence-electron chi connectivity index (χ1n) is 9.74. The van der Waals surface area contributed by atoms with E-state index < -0.39 is 9.84 Å². The minimum Gasteiger partial charge on any atom is -0.376 e. The number of nitrogens with one attached hydrogen (secondary N) is 1. The number of halogens is 1. The van der Waals surface area contributed by atoms with E-state index in [9.17, 15) is 17.6 Å². The van der Waals surface area contributed by atoms with E-state index in [2.05, 4.69) is 15.3 Å². The normalized spacial score (nSPS) is 13.9. The first-order chi connectivity index (χ1) is 14.0. The summed E-state index contributed by atoms with van der Waals surface area (Å²) < 4.78 is 36.1. The predicted molar refractivity (Wildman–Crippen MR) is 117 cm³/mol. The highest BCUT2D eigenvalue weighted by Crippen LogP contribution is 2.24. The van der Waals surface area contributed by atoms with Gasteiger partial charge in [-0.2, -0.15) is 0 Å². The Labute approximate surface area is 177 Å². The lowest BCUT2D eigenvalue weighted by molar-refractivity contribution is 0.0966. The lowest BCUT2D eigenvalue weighted by Crippen LogP contribution is -2.13. The molecule has 0 aliphatic heterocycles. The zero-order valence-corrected chi connectivity index (χ0v) is 18.8. The van der Waals surface area contributed by atoms with E-state index in [4.69, 9.17) is 0 Å². The van der Waals surface area contributed by atoms with Crippen LogP contribution in [0.4, 0.5) is 10.1 Å². The van der Waals surface area contributed by atoms with Crippen molar-refractivity contribution in [1.82, 2.24) is 9.97 Å². The summed E-state index contributed by atoms with van der Waals surface area (Å²) in [5.41, 5.74) is 2.72. The Morgan fingerprint density at radius 2 is 1.97 bits per heavy atom. The summed E-state index contributed by atoms with van der Waals surface area (Å²) in [6.07, 6.45) is 5.00. The van der Waals surface area contributed by atoms with Crippen LogP contribution < -0.4 is 5.32 Å². The van der Waals surface area contributed by atoms with E-state index in [-0.39, 0.29) is 35.8 Å². The fourth-order valence-electron chi connectivity index (χ4n) is 2.99. The molecule has 0 radical (unpaired) electrons. The Hall–Kier alpha value is -2.61. The molecule has 6 nitrogen and oxygen atoms in total. The number of aromatic nitrogens is 2. The third-order valence-electron chi connectivity index (χ3n) is 4.86. The fourth-order valence-corrected chi connectivity index (χ4v) is 3.54. The second-order valence-electron chi connectivity index (χ2n) is 7.61. The molecule has 0 unspecified atom stereocenters. The van der Waals surface area contributed by atoms with Crippen molar-refractivity contribution < 1.29 is 17.6 Å². The first-order valence-corrected chi connectivity index (χ1v) is 11.7. The second-order valence-corrected chi connectivity index (χ2v) is 9.54. The van der Waals surface area contributed by atoms with Gasteiger partial charge in [0.25, 0.3) is 0 Å². The van der Waals surface area contributed by atoms with Gasteiger partial charge < -0.3 is 5.32 Å². The topological polar surface area (TPSA) is 89.0 Å². The molecule has 0 saturated heterocycles. The number of nitrogens with zero attached hydrogens (tertiary/aromatic N) is 2. The molecule has 1 N–H and O–H groups in total. The number of allylic oxidation sites excluding steroid dienone is 1. The molecule has 0 bridgehead atoms. The van der Waals surface area contributed by atoms with Gasteiger partial charge in [0.1, 0.15) is 5.82 Å². The van der Waals surface area contributed by atoms with E-state index in [1.54, 1.807) is 32.2 Å². The van der Waals surface area contributed by atoms with Gasteiger partial charge in [0, 0.05) is 24.1 Å². The van der Waals surface area contributed by atoms with Gasteiger partial charge >= 0.3 is 0 Å². The van der Waals surface area contributed by atoms with Crippen LogP contribution in [0.15, 0.2) is 35.9 Å². The molecule has 2 aromatic rings. The summed E-state index contributed by atoms with van der Waals surface area (Å²) in [7, 11) is -3.17. The maximum atomic E-state index is 13.8. The standard InChI is InChI=1S/C22H28FN3O3S/c1-14(11-12-30(5,28)29)9-10-21(27)22-24-13-20(17(4)26-22)25-16(3)18-7-6-8-19(23)15(18)2/h6-8,11-14,16,25H,9-10H2,1-5H3/b12-11+/t14-,16-/m0/s1. The smallest absolute Gasteiger partial charge is 0.200 e. The van der Waals surface area contributed by atoms with E-state index in [0.29, 0.717) is 23.4 Å². The number of ketones is 1. The Bertz CT molecular complexity index is 1050. The van der Waals surface area contributed by atoms with Gasteiger partial charge in [0.2, 0.25) is 0 Å². The molecule has 1 heterocycles. The van der Waals surface area contributed by atoms with Crippen LogP contribution in [0.2, 0.25) is 0 Å². The van der Waals surface area contributed by atoms with Gasteiger partial charge in [0.15, 0.2) is 21.4 Å². The number of hydrogen-bond acceptors (Lipinski definition) is 6. The molecule has 8 heteroatoms. The zero-order valence-electron chi connectivity index (χ0n) is 17.9. The minimum atomic E-state index is -3.17. The summed E-state index contributed by atoms with van der Waals surface area (Å²) in [6, 6.07) is 4.81. The van der Waals surface area contributed by atoms with Crippen molar-refractivity contribution in [2.24, 2.45) is 5.92 Å². The maximum Gasteiger partial charge on any atom is 0.200 e. The minimum absolute atomic E-state index is 0.0546. The molecule has 30 heavy (non-hydrogen) atoms. The third kappa shape index (κ3) is 6.73. The van der Waals surface area contributed by atoms with Crippen molar-refractivity contribution in [3.8, 4) is 0 Å². The summed E-state index contributed by atoms with van der Waals surface area (Å²) in [6.45, 7) is 7.29. The molecule has 2 atom stereocenters. The molecular formula is C22H28FN3O3S. The van der Waals surface area contributed by atoms with Crippen LogP contribution in [0.5, 0.6) is 0 Å². The largest absolute Gasteiger partial charge is 0.376 e. The number of rotatable bonds is 9. The number of benzene rings is 1. The van der Waals surface area contributed by atoms with Crippen LogP contribution in [0.25, 0.3) is 0 Å². The SMILES string of the molecule is Cc1nc(C(=O)CC[C@H](C)/C=C/S(C)(=O)=O)ncc1N[C@@H](C)c1cccc(F)c1C. The predicted octanol–water partition coefficient (Wildman–Crippen LogP) is 4.56. The average molecular weight is 434 g/mol. The van der Waals surface area contributed by atoms with Crippen LogP contribution in [0.1, 0.15) is 60.2 Å². The summed E-state index contributed by atoms with van der Waals surface area (Å²) in [5, 5.41) is 4.43. The molecule has 0 amide bonds. The van der Waals surface area contributed by atoms with Gasteiger partial charge in [-0.25, -0.2) is 22.8 Å². The number of carbonyl (C=O) groups is 1. The van der Waals surface area contributed by atoms with Gasteiger partial charge in [-0.05, 0) is 50.3 Å². The van der Waals surface area contributed by atoms with Crippen LogP contribution in [-0.4, -0.2) is 30.4 Å². The lowest BCUT2D eigenvalue weighted by Gasteiger charge is -2.19. The van der Waals surface area contributed by atoms with Crippen molar-refractivity contribution in [2.45, 2.75) is 46.6 Å². The highest BCUT2D eigenvalue weighted by molar-refractivity contribution is 7.93. The Morgan fingerprint density at radius 3 is 2.60 bits per heavy atom. The average Bonchev–Trinajstić information content (AvgIpc) is 2.67. The van der Waals surface area contributed by atoms with E-state index in [1.165, 1.54) is 6.07 Å². The van der Waals surface area contributed by atoms with E-state index >= 15 is 0 Å². The number of sulfone groups is 1. The number of Topliss-reactive ketones (excluding diaryl/α,β-unsaturated/α-hetero) is 1. The molecule has 1 aromatic carbocycles. The van der Waals surface area contributed by atoms with Crippen molar-refractivity contribution in [1.29, 1.82) is 0 Å². The number of anilines is 1. The fraction of sp³-hybridized carbons (Fsp3) is 0.409. The maximum absolute atomic E-state index is 13.8. The van der Waals surface area contributed by atoms with Gasteiger partial charge in [-0.15, -0.1) is 0 Å². The third-order valence-corrected chi connectivity index (χ3v) is 5.51. The highest BCUT2D eigenvalue weighted by Gasteiger charge is 2.16. The summed E-state index contributed by atoms with van der Waals surface area (Å²) in [4.78, 5) is 20.9. The Kier molecular flexibility index (Phi) is 7.83. The van der Waals surface area contributed by atoms with E-state index in [1.807, 2.05) is 19.9 Å². The van der Waals surface area contributed by atoms with Crippen LogP contribution in [0.3, 0.4) is 0 Å². The van der Waals surface area contributed by atoms with Crippen LogP contribution in [-0.2, 0) is 9.84 Å². The number of carbonyl (C=O) groups excluding carboxylic acids is 1. The molecule has 0 saturated carbocycles. The van der Waals surface area contributed by atoms with Crippen LogP contribution >= 0.6 is 0 Å². The molecule has 1 aromatic heterocycles. The number of hydrogen-bond donors (Lipinski definition) is 1. The molecule has 0 aliphatic carbocycles. The van der Waals surface area contributed by atoms with Crippen molar-refractivity contribution >= 4 is 21.3 Å². The van der Waals surface area contributed by atoms with Gasteiger partial charge in [-0.3, -0.25) is 4.79 Å². The zero-order chi connectivity index (χ0) is 22.5. The van der Waals surface area contributed by atoms with Crippen LogP contribution in [0, 0.1) is 25.6 Å². The highest BCUT2D eigenvalue weighted by atomic mass is 32.2. The van der Waals surface area contributed by atoms with Crippen molar-refractivity contribution in [2.75, 3.05) is 11.6 Å². The van der Waals surface area contributed by atoms with Crippen molar-refractivity contribution in [3.05, 3.63) is 64.3 Å². The first kappa shape index (κ1) is 23.7. The Morgan fingerprint density at radius 1 is 1.27 bits per heavy atom. The molecule has 0 spiro atoms. The lowest BCUT2D eigenvalue weighted by atomic mass is 10.0. The molecule has 0 aliphatic rings. The van der Waals surface area contributed by atoms with Gasteiger partial charge in [0.05, 0.1) is 17.6 Å². The summed E-state index contributed by atoms with van der Waals surface area (Å²) >= 11 is 0. The van der Waals surface area contributed by atoms with Crippen molar-refractivity contribution in [3.63, 3.8) is 0 Å². The second kappa shape index (κ2) is 9.93. The molecule has 0 fully saturated rings. The monoisotopic (exact) mass is 433 g/mol. The molecular weight excluding hydrogens is 405 g/mol.